The van der Waals surface area contributed by atoms with Gasteiger partial charge in [0.15, 0.2) is 5.96 Å². The van der Waals surface area contributed by atoms with Crippen LogP contribution in [0.3, 0.4) is 0 Å². The van der Waals surface area contributed by atoms with E-state index in [-0.39, 0.29) is 36.0 Å². The van der Waals surface area contributed by atoms with Crippen molar-refractivity contribution in [3.8, 4) is 0 Å². The highest BCUT2D eigenvalue weighted by Gasteiger charge is 2.32. The molecule has 0 aliphatic carbocycles. The molecule has 1 fully saturated rings. The monoisotopic (exact) mass is 511 g/mol. The van der Waals surface area contributed by atoms with Gasteiger partial charge in [-0.3, -0.25) is 4.99 Å². The molecule has 0 bridgehead atoms. The van der Waals surface area contributed by atoms with E-state index in [0.29, 0.717) is 19.8 Å². The fourth-order valence-corrected chi connectivity index (χ4v) is 3.21. The average Bonchev–Trinajstić information content (AvgIpc) is 2.58. The lowest BCUT2D eigenvalue weighted by Crippen LogP contribution is -2.47. The summed E-state index contributed by atoms with van der Waals surface area (Å²) >= 11 is 3.58. The molecule has 0 aromatic heterocycles. The first-order chi connectivity index (χ1) is 11.1. The van der Waals surface area contributed by atoms with Crippen LogP contribution in [0.5, 0.6) is 0 Å². The molecule has 5 nitrogen and oxygen atoms in total. The molecular weight excluding hydrogens is 485 g/mol. The molecule has 2 rings (SSSR count). The number of nitrogens with one attached hydrogen (secondary N) is 1. The predicted octanol–water partition coefficient (Wildman–Crippen LogP) is 2.86. The number of ether oxygens (including phenoxy) is 1. The van der Waals surface area contributed by atoms with Crippen molar-refractivity contribution in [2.45, 2.75) is 19.4 Å². The number of aliphatic hydroxyl groups excluding tert-OH is 1. The zero-order valence-corrected chi connectivity index (χ0v) is 18.2. The Morgan fingerprint density at radius 2 is 2.04 bits per heavy atom. The molecule has 0 amide bonds. The second kappa shape index (κ2) is 10.6. The van der Waals surface area contributed by atoms with E-state index in [9.17, 15) is 5.11 Å². The van der Waals surface area contributed by atoms with Gasteiger partial charge in [0.1, 0.15) is 0 Å². The van der Waals surface area contributed by atoms with E-state index in [2.05, 4.69) is 37.2 Å². The maximum atomic E-state index is 9.78. The number of halogens is 2. The lowest BCUT2D eigenvalue weighted by Gasteiger charge is -2.36. The molecular formula is C17H27BrIN3O2. The SMILES string of the molecule is CN=C(NCC1(CO)CCOCC1)N(C)Cc1ccccc1Br.I. The molecule has 136 valence electrons. The molecule has 0 spiro atoms. The van der Waals surface area contributed by atoms with Crippen LogP contribution in [0, 0.1) is 5.41 Å². The quantitative estimate of drug-likeness (QED) is 0.362. The van der Waals surface area contributed by atoms with Crippen LogP contribution >= 0.6 is 39.9 Å². The maximum absolute atomic E-state index is 9.78. The predicted molar refractivity (Wildman–Crippen MR) is 112 cm³/mol. The molecule has 1 aromatic carbocycles. The summed E-state index contributed by atoms with van der Waals surface area (Å²) in [4.78, 5) is 6.45. The summed E-state index contributed by atoms with van der Waals surface area (Å²) in [6, 6.07) is 8.19. The number of aliphatic imine (C=N–C) groups is 1. The molecule has 1 saturated heterocycles. The Hall–Kier alpha value is -0.380. The second-order valence-electron chi connectivity index (χ2n) is 6.12. The van der Waals surface area contributed by atoms with Gasteiger partial charge in [-0.15, -0.1) is 24.0 Å². The van der Waals surface area contributed by atoms with Gasteiger partial charge in [0.05, 0.1) is 6.61 Å². The van der Waals surface area contributed by atoms with Gasteiger partial charge in [-0.05, 0) is 24.5 Å². The second-order valence-corrected chi connectivity index (χ2v) is 6.97. The molecule has 0 saturated carbocycles. The Morgan fingerprint density at radius 1 is 1.38 bits per heavy atom. The minimum absolute atomic E-state index is 0. The largest absolute Gasteiger partial charge is 0.396 e. The van der Waals surface area contributed by atoms with Crippen molar-refractivity contribution in [2.24, 2.45) is 10.4 Å². The van der Waals surface area contributed by atoms with Crippen molar-refractivity contribution in [2.75, 3.05) is 40.5 Å². The Morgan fingerprint density at radius 3 is 2.62 bits per heavy atom. The highest BCUT2D eigenvalue weighted by atomic mass is 127. The van der Waals surface area contributed by atoms with E-state index in [1.165, 1.54) is 5.56 Å². The number of aliphatic hydroxyl groups is 1. The first-order valence-electron chi connectivity index (χ1n) is 7.94. The number of hydrogen-bond acceptors (Lipinski definition) is 3. The summed E-state index contributed by atoms with van der Waals surface area (Å²) in [7, 11) is 3.80. The molecule has 7 heteroatoms. The molecule has 1 heterocycles. The number of hydrogen-bond donors (Lipinski definition) is 2. The van der Waals surface area contributed by atoms with Gasteiger partial charge in [0.25, 0.3) is 0 Å². The summed E-state index contributed by atoms with van der Waals surface area (Å²) in [6.07, 6.45) is 1.75. The summed E-state index contributed by atoms with van der Waals surface area (Å²) in [5.74, 6) is 0.833. The van der Waals surface area contributed by atoms with Crippen molar-refractivity contribution in [3.05, 3.63) is 34.3 Å². The van der Waals surface area contributed by atoms with Gasteiger partial charge in [-0.2, -0.15) is 0 Å². The minimum Gasteiger partial charge on any atom is -0.396 e. The highest BCUT2D eigenvalue weighted by Crippen LogP contribution is 2.29. The highest BCUT2D eigenvalue weighted by molar-refractivity contribution is 14.0. The molecule has 2 N–H and O–H groups in total. The Kier molecular flexibility index (Phi) is 9.54. The van der Waals surface area contributed by atoms with Crippen LogP contribution in [0.15, 0.2) is 33.7 Å². The minimum atomic E-state index is -0.109. The van der Waals surface area contributed by atoms with E-state index < -0.39 is 0 Å². The van der Waals surface area contributed by atoms with Crippen molar-refractivity contribution in [3.63, 3.8) is 0 Å². The van der Waals surface area contributed by atoms with Crippen molar-refractivity contribution in [1.82, 2.24) is 10.2 Å². The number of nitrogens with zero attached hydrogens (tertiary/aromatic N) is 2. The topological polar surface area (TPSA) is 57.1 Å². The Balaban J connectivity index is 0.00000288. The summed E-state index contributed by atoms with van der Waals surface area (Å²) in [5.41, 5.74) is 1.10. The zero-order valence-electron chi connectivity index (χ0n) is 14.3. The molecule has 1 aliphatic rings. The molecule has 1 aliphatic heterocycles. The van der Waals surface area contributed by atoms with E-state index in [1.807, 2.05) is 25.2 Å². The third-order valence-corrected chi connectivity index (χ3v) is 5.22. The average molecular weight is 512 g/mol. The summed E-state index contributed by atoms with van der Waals surface area (Å²) in [6.45, 7) is 3.08. The maximum Gasteiger partial charge on any atom is 0.193 e. The van der Waals surface area contributed by atoms with E-state index >= 15 is 0 Å². The van der Waals surface area contributed by atoms with Crippen LogP contribution in [0.1, 0.15) is 18.4 Å². The van der Waals surface area contributed by atoms with Crippen LogP contribution in [0.25, 0.3) is 0 Å². The van der Waals surface area contributed by atoms with E-state index in [1.54, 1.807) is 7.05 Å². The van der Waals surface area contributed by atoms with Crippen LogP contribution in [-0.2, 0) is 11.3 Å². The van der Waals surface area contributed by atoms with Gasteiger partial charge in [-0.25, -0.2) is 0 Å². The lowest BCUT2D eigenvalue weighted by molar-refractivity contribution is -0.0134. The van der Waals surface area contributed by atoms with Gasteiger partial charge in [-0.1, -0.05) is 34.1 Å². The first-order valence-corrected chi connectivity index (χ1v) is 8.73. The number of benzene rings is 1. The van der Waals surface area contributed by atoms with Gasteiger partial charge in [0, 0.05) is 50.3 Å². The van der Waals surface area contributed by atoms with Gasteiger partial charge >= 0.3 is 0 Å². The third-order valence-electron chi connectivity index (χ3n) is 4.45. The molecule has 0 atom stereocenters. The normalized spacial score (nSPS) is 17.1. The molecule has 0 unspecified atom stereocenters. The molecule has 0 radical (unpaired) electrons. The fraction of sp³-hybridized carbons (Fsp3) is 0.588. The zero-order chi connectivity index (χ0) is 16.7. The molecule has 24 heavy (non-hydrogen) atoms. The van der Waals surface area contributed by atoms with Crippen LogP contribution in [0.2, 0.25) is 0 Å². The standard InChI is InChI=1S/C17H26BrN3O2.HI/c1-19-16(20-12-17(13-22)7-9-23-10-8-17)21(2)11-14-5-3-4-6-15(14)18;/h3-6,22H,7-13H2,1-2H3,(H,19,20);1H. The lowest BCUT2D eigenvalue weighted by atomic mass is 9.81. The van der Waals surface area contributed by atoms with E-state index in [0.717, 1.165) is 29.8 Å². The number of rotatable bonds is 5. The number of guanidine groups is 1. The molecule has 1 aromatic rings. The summed E-state index contributed by atoms with van der Waals surface area (Å²) < 4.78 is 6.51. The Labute approximate surface area is 170 Å². The first kappa shape index (κ1) is 21.7. The Bertz CT molecular complexity index is 536. The third kappa shape index (κ3) is 5.86. The fourth-order valence-electron chi connectivity index (χ4n) is 2.80. The van der Waals surface area contributed by atoms with Crippen LogP contribution in [0.4, 0.5) is 0 Å². The van der Waals surface area contributed by atoms with Gasteiger partial charge < -0.3 is 20.1 Å². The summed E-state index contributed by atoms with van der Waals surface area (Å²) in [5, 5.41) is 13.2. The van der Waals surface area contributed by atoms with Crippen molar-refractivity contribution >= 4 is 45.9 Å². The van der Waals surface area contributed by atoms with E-state index in [4.69, 9.17) is 4.74 Å². The van der Waals surface area contributed by atoms with Crippen molar-refractivity contribution < 1.29 is 9.84 Å². The van der Waals surface area contributed by atoms with Crippen molar-refractivity contribution in [1.29, 1.82) is 0 Å². The van der Waals surface area contributed by atoms with Crippen LogP contribution < -0.4 is 5.32 Å². The van der Waals surface area contributed by atoms with Crippen LogP contribution in [-0.4, -0.2) is 56.4 Å². The smallest absolute Gasteiger partial charge is 0.193 e. The van der Waals surface area contributed by atoms with Gasteiger partial charge in [0.2, 0.25) is 0 Å².